The lowest BCUT2D eigenvalue weighted by molar-refractivity contribution is 0.0939. The quantitative estimate of drug-likeness (QED) is 0.844. The molecule has 1 aromatic rings. The maximum Gasteiger partial charge on any atom is 0.251 e. The van der Waals surface area contributed by atoms with E-state index in [-0.39, 0.29) is 11.9 Å². The second kappa shape index (κ2) is 5.54. The molecule has 1 unspecified atom stereocenters. The molecule has 0 spiro atoms. The van der Waals surface area contributed by atoms with E-state index in [9.17, 15) is 4.79 Å². The van der Waals surface area contributed by atoms with Gasteiger partial charge in [-0.05, 0) is 31.5 Å². The van der Waals surface area contributed by atoms with Crippen molar-refractivity contribution in [2.75, 3.05) is 19.0 Å². The van der Waals surface area contributed by atoms with Crippen LogP contribution >= 0.6 is 0 Å². The molecular formula is C13H20N2O. The summed E-state index contributed by atoms with van der Waals surface area (Å²) in [5.41, 5.74) is 1.75. The number of nitrogens with one attached hydrogen (secondary N) is 1. The third-order valence-corrected chi connectivity index (χ3v) is 2.61. The molecular weight excluding hydrogens is 200 g/mol. The average Bonchev–Trinajstić information content (AvgIpc) is 2.28. The Hall–Kier alpha value is -1.51. The molecule has 3 nitrogen and oxygen atoms in total. The van der Waals surface area contributed by atoms with Gasteiger partial charge in [-0.25, -0.2) is 0 Å². The maximum absolute atomic E-state index is 11.9. The lowest BCUT2D eigenvalue weighted by atomic mass is 10.1. The highest BCUT2D eigenvalue weighted by atomic mass is 16.1. The number of anilines is 1. The van der Waals surface area contributed by atoms with Gasteiger partial charge in [0.1, 0.15) is 0 Å². The van der Waals surface area contributed by atoms with E-state index in [1.807, 2.05) is 50.2 Å². The Morgan fingerprint density at radius 1 is 1.44 bits per heavy atom. The largest absolute Gasteiger partial charge is 0.378 e. The Balaban J connectivity index is 2.79. The van der Waals surface area contributed by atoms with Crippen molar-refractivity contribution < 1.29 is 4.79 Å². The van der Waals surface area contributed by atoms with Gasteiger partial charge in [-0.2, -0.15) is 0 Å². The third kappa shape index (κ3) is 3.26. The number of rotatable bonds is 4. The minimum absolute atomic E-state index is 0.00181. The molecule has 0 aromatic heterocycles. The lowest BCUT2D eigenvalue weighted by Gasteiger charge is -2.15. The molecule has 0 fully saturated rings. The fourth-order valence-corrected chi connectivity index (χ4v) is 1.33. The fourth-order valence-electron chi connectivity index (χ4n) is 1.33. The molecule has 16 heavy (non-hydrogen) atoms. The SMILES string of the molecule is CCC(C)NC(=O)c1cccc(N(C)C)c1. The van der Waals surface area contributed by atoms with Gasteiger partial charge in [-0.15, -0.1) is 0 Å². The molecule has 0 aliphatic carbocycles. The van der Waals surface area contributed by atoms with Crippen LogP contribution in [0.15, 0.2) is 24.3 Å². The molecule has 3 heteroatoms. The van der Waals surface area contributed by atoms with Crippen molar-refractivity contribution in [2.45, 2.75) is 26.3 Å². The Labute approximate surface area is 97.5 Å². The minimum atomic E-state index is -0.00181. The summed E-state index contributed by atoms with van der Waals surface area (Å²) in [7, 11) is 3.93. The summed E-state index contributed by atoms with van der Waals surface area (Å²) in [5, 5.41) is 2.95. The van der Waals surface area contributed by atoms with Crippen LogP contribution in [-0.2, 0) is 0 Å². The molecule has 1 rings (SSSR count). The summed E-state index contributed by atoms with van der Waals surface area (Å²) in [4.78, 5) is 13.8. The van der Waals surface area contributed by atoms with E-state index >= 15 is 0 Å². The molecule has 1 aromatic carbocycles. The van der Waals surface area contributed by atoms with Crippen molar-refractivity contribution in [2.24, 2.45) is 0 Å². The van der Waals surface area contributed by atoms with E-state index in [4.69, 9.17) is 0 Å². The summed E-state index contributed by atoms with van der Waals surface area (Å²) in [6, 6.07) is 7.85. The number of carbonyl (C=O) groups excluding carboxylic acids is 1. The summed E-state index contributed by atoms with van der Waals surface area (Å²) in [6.07, 6.45) is 0.944. The van der Waals surface area contributed by atoms with E-state index in [1.54, 1.807) is 0 Å². The summed E-state index contributed by atoms with van der Waals surface area (Å²) >= 11 is 0. The van der Waals surface area contributed by atoms with Gasteiger partial charge in [0.15, 0.2) is 0 Å². The number of amides is 1. The predicted octanol–water partition coefficient (Wildman–Crippen LogP) is 2.28. The van der Waals surface area contributed by atoms with Crippen molar-refractivity contribution in [1.29, 1.82) is 0 Å². The first-order valence-corrected chi connectivity index (χ1v) is 5.62. The Morgan fingerprint density at radius 2 is 2.12 bits per heavy atom. The highest BCUT2D eigenvalue weighted by molar-refractivity contribution is 5.95. The second-order valence-electron chi connectivity index (χ2n) is 4.23. The Morgan fingerprint density at radius 3 is 2.69 bits per heavy atom. The van der Waals surface area contributed by atoms with Gasteiger partial charge < -0.3 is 10.2 Å². The van der Waals surface area contributed by atoms with E-state index in [1.165, 1.54) is 0 Å². The zero-order valence-corrected chi connectivity index (χ0v) is 10.4. The molecule has 0 saturated carbocycles. The van der Waals surface area contributed by atoms with E-state index < -0.39 is 0 Å². The number of hydrogen-bond acceptors (Lipinski definition) is 2. The minimum Gasteiger partial charge on any atom is -0.378 e. The van der Waals surface area contributed by atoms with Crippen molar-refractivity contribution >= 4 is 11.6 Å². The maximum atomic E-state index is 11.9. The summed E-state index contributed by atoms with van der Waals surface area (Å²) in [5.74, 6) is -0.00181. The summed E-state index contributed by atoms with van der Waals surface area (Å²) < 4.78 is 0. The Kier molecular flexibility index (Phi) is 4.35. The highest BCUT2D eigenvalue weighted by Gasteiger charge is 2.08. The molecule has 1 atom stereocenters. The normalized spacial score (nSPS) is 12.0. The van der Waals surface area contributed by atoms with E-state index in [2.05, 4.69) is 12.2 Å². The molecule has 1 N–H and O–H groups in total. The molecule has 88 valence electrons. The van der Waals surface area contributed by atoms with Crippen LogP contribution in [0, 0.1) is 0 Å². The van der Waals surface area contributed by atoms with Gasteiger partial charge in [0.05, 0.1) is 0 Å². The van der Waals surface area contributed by atoms with Gasteiger partial charge in [0.25, 0.3) is 5.91 Å². The van der Waals surface area contributed by atoms with Crippen LogP contribution in [-0.4, -0.2) is 26.0 Å². The predicted molar refractivity (Wildman–Crippen MR) is 68.0 cm³/mol. The standard InChI is InChI=1S/C13H20N2O/c1-5-10(2)14-13(16)11-7-6-8-12(9-11)15(3)4/h6-10H,5H2,1-4H3,(H,14,16). The van der Waals surface area contributed by atoms with Crippen LogP contribution < -0.4 is 10.2 Å². The second-order valence-corrected chi connectivity index (χ2v) is 4.23. The number of hydrogen-bond donors (Lipinski definition) is 1. The number of carbonyl (C=O) groups is 1. The van der Waals surface area contributed by atoms with Crippen LogP contribution in [0.3, 0.4) is 0 Å². The van der Waals surface area contributed by atoms with E-state index in [0.717, 1.165) is 12.1 Å². The molecule has 0 aliphatic heterocycles. The number of nitrogens with zero attached hydrogens (tertiary/aromatic N) is 1. The van der Waals surface area contributed by atoms with Gasteiger partial charge in [0.2, 0.25) is 0 Å². The third-order valence-electron chi connectivity index (χ3n) is 2.61. The Bertz CT molecular complexity index is 361. The molecule has 0 heterocycles. The van der Waals surface area contributed by atoms with Crippen LogP contribution in [0.2, 0.25) is 0 Å². The van der Waals surface area contributed by atoms with E-state index in [0.29, 0.717) is 5.56 Å². The zero-order chi connectivity index (χ0) is 12.1. The molecule has 0 bridgehead atoms. The molecule has 1 amide bonds. The average molecular weight is 220 g/mol. The van der Waals surface area contributed by atoms with Crippen molar-refractivity contribution in [3.8, 4) is 0 Å². The van der Waals surface area contributed by atoms with Crippen LogP contribution in [0.5, 0.6) is 0 Å². The molecule has 0 saturated heterocycles. The summed E-state index contributed by atoms with van der Waals surface area (Å²) in [6.45, 7) is 4.06. The van der Waals surface area contributed by atoms with Crippen LogP contribution in [0.1, 0.15) is 30.6 Å². The molecule has 0 radical (unpaired) electrons. The highest BCUT2D eigenvalue weighted by Crippen LogP contribution is 2.13. The zero-order valence-electron chi connectivity index (χ0n) is 10.4. The topological polar surface area (TPSA) is 32.3 Å². The monoisotopic (exact) mass is 220 g/mol. The lowest BCUT2D eigenvalue weighted by Crippen LogP contribution is -2.31. The van der Waals surface area contributed by atoms with Crippen molar-refractivity contribution in [3.05, 3.63) is 29.8 Å². The van der Waals surface area contributed by atoms with Gasteiger partial charge >= 0.3 is 0 Å². The van der Waals surface area contributed by atoms with Crippen LogP contribution in [0.4, 0.5) is 5.69 Å². The fraction of sp³-hybridized carbons (Fsp3) is 0.462. The van der Waals surface area contributed by atoms with Gasteiger partial charge in [-0.3, -0.25) is 4.79 Å². The first kappa shape index (κ1) is 12.6. The first-order valence-electron chi connectivity index (χ1n) is 5.62. The van der Waals surface area contributed by atoms with Gasteiger partial charge in [-0.1, -0.05) is 13.0 Å². The van der Waals surface area contributed by atoms with Crippen LogP contribution in [0.25, 0.3) is 0 Å². The van der Waals surface area contributed by atoms with Crippen molar-refractivity contribution in [1.82, 2.24) is 5.32 Å². The molecule has 0 aliphatic rings. The van der Waals surface area contributed by atoms with Crippen molar-refractivity contribution in [3.63, 3.8) is 0 Å². The van der Waals surface area contributed by atoms with Gasteiger partial charge in [0, 0.05) is 31.4 Å². The number of benzene rings is 1. The smallest absolute Gasteiger partial charge is 0.251 e. The first-order chi connectivity index (χ1) is 7.54.